The van der Waals surface area contributed by atoms with Crippen molar-refractivity contribution in [1.29, 1.82) is 10.8 Å². The molecule has 4 N–H and O–H groups in total. The fourth-order valence-electron chi connectivity index (χ4n) is 8.40. The zero-order chi connectivity index (χ0) is 39.9. The van der Waals surface area contributed by atoms with Gasteiger partial charge < -0.3 is 5.73 Å². The fourth-order valence-corrected chi connectivity index (χ4v) is 8.40. The van der Waals surface area contributed by atoms with Gasteiger partial charge in [0.25, 0.3) is 0 Å². The van der Waals surface area contributed by atoms with Crippen molar-refractivity contribution in [3.05, 3.63) is 212 Å². The van der Waals surface area contributed by atoms with Gasteiger partial charge in [0.05, 0.1) is 16.9 Å². The number of fused-ring (bicyclic) bond motifs is 5. The van der Waals surface area contributed by atoms with E-state index in [4.69, 9.17) is 16.6 Å². The number of nitrogens with two attached hydrogens (primary N) is 1. The van der Waals surface area contributed by atoms with Crippen LogP contribution < -0.4 is 5.73 Å². The van der Waals surface area contributed by atoms with E-state index in [2.05, 4.69) is 138 Å². The molecule has 11 rings (SSSR count). The lowest BCUT2D eigenvalue weighted by Gasteiger charge is -2.20. The Bertz CT molecular complexity index is 3370. The summed E-state index contributed by atoms with van der Waals surface area (Å²) in [5.41, 5.74) is 17.1. The largest absolute Gasteiger partial charge is 0.399 e. The van der Waals surface area contributed by atoms with Crippen molar-refractivity contribution in [2.45, 2.75) is 0 Å². The molecule has 0 aliphatic heterocycles. The number of hydrogen-bond acceptors (Lipinski definition) is 4. The van der Waals surface area contributed by atoms with Gasteiger partial charge in [0.15, 0.2) is 0 Å². The van der Waals surface area contributed by atoms with Crippen molar-refractivity contribution in [2.24, 2.45) is 0 Å². The molecule has 59 heavy (non-hydrogen) atoms. The van der Waals surface area contributed by atoms with E-state index in [0.29, 0.717) is 0 Å². The van der Waals surface area contributed by atoms with Crippen molar-refractivity contribution in [3.63, 3.8) is 0 Å². The predicted molar refractivity (Wildman–Crippen MR) is 251 cm³/mol. The summed E-state index contributed by atoms with van der Waals surface area (Å²) in [5.74, 6) is 0. The predicted octanol–water partition coefficient (Wildman–Crippen LogP) is 14.1. The fraction of sp³-hybridized carbons (Fsp3) is 0. The maximum Gasteiger partial charge on any atom is 0.0795 e. The summed E-state index contributed by atoms with van der Waals surface area (Å²) in [6.45, 7) is 0. The second-order valence-electron chi connectivity index (χ2n) is 14.9. The van der Waals surface area contributed by atoms with Crippen molar-refractivity contribution >= 4 is 76.7 Å². The second-order valence-corrected chi connectivity index (χ2v) is 14.9. The highest BCUT2D eigenvalue weighted by molar-refractivity contribution is 6.50. The van der Waals surface area contributed by atoms with Crippen LogP contribution in [0.25, 0.3) is 92.9 Å². The molecule has 4 heteroatoms. The number of allylic oxidation sites excluding steroid dienone is 4. The Labute approximate surface area is 342 Å². The molecule has 0 unspecified atom stereocenters. The van der Waals surface area contributed by atoms with E-state index in [-0.39, 0.29) is 11.4 Å². The van der Waals surface area contributed by atoms with Crippen LogP contribution in [-0.4, -0.2) is 16.4 Å². The lowest BCUT2D eigenvalue weighted by molar-refractivity contribution is 1.41. The van der Waals surface area contributed by atoms with Crippen LogP contribution in [0.5, 0.6) is 0 Å². The molecule has 9 aromatic carbocycles. The molecule has 1 aliphatic rings. The number of rotatable bonds is 4. The van der Waals surface area contributed by atoms with Gasteiger partial charge in [-0.05, 0) is 142 Å². The van der Waals surface area contributed by atoms with Crippen LogP contribution in [0.15, 0.2) is 206 Å². The summed E-state index contributed by atoms with van der Waals surface area (Å²) >= 11 is 0. The van der Waals surface area contributed by atoms with E-state index in [1.807, 2.05) is 60.8 Å². The molecule has 0 saturated carbocycles. The summed E-state index contributed by atoms with van der Waals surface area (Å²) < 4.78 is 0. The lowest BCUT2D eigenvalue weighted by Crippen LogP contribution is -2.09. The average Bonchev–Trinajstić information content (AvgIpc) is 3.29. The van der Waals surface area contributed by atoms with Gasteiger partial charge in [-0.15, -0.1) is 0 Å². The molecule has 1 aliphatic carbocycles. The van der Waals surface area contributed by atoms with Gasteiger partial charge in [0.1, 0.15) is 0 Å². The van der Waals surface area contributed by atoms with Gasteiger partial charge in [-0.25, -0.2) is 0 Å². The molecular formula is C55H38N4. The van der Waals surface area contributed by atoms with Gasteiger partial charge in [0.2, 0.25) is 0 Å². The van der Waals surface area contributed by atoms with E-state index < -0.39 is 0 Å². The number of pyridine rings is 1. The van der Waals surface area contributed by atoms with Crippen LogP contribution in [0.4, 0.5) is 5.69 Å². The van der Waals surface area contributed by atoms with Crippen LogP contribution in [0.2, 0.25) is 0 Å². The number of nitrogen functional groups attached to an aromatic ring is 1. The molecule has 278 valence electrons. The van der Waals surface area contributed by atoms with Crippen molar-refractivity contribution in [2.75, 3.05) is 5.73 Å². The molecule has 4 nitrogen and oxygen atoms in total. The number of anilines is 1. The first-order valence-electron chi connectivity index (χ1n) is 19.7. The van der Waals surface area contributed by atoms with E-state index in [0.717, 1.165) is 27.9 Å². The normalized spacial score (nSPS) is 12.6. The summed E-state index contributed by atoms with van der Waals surface area (Å²) in [4.78, 5) is 4.36. The van der Waals surface area contributed by atoms with Gasteiger partial charge in [-0.1, -0.05) is 146 Å². The third kappa shape index (κ3) is 6.63. The SMILES string of the molecule is N=C1C=CC(c2ccc3c(-c4ccc5ccccc5c4)c4ccccc4c(-c4ccc5ccccc5c4)c3c2)=CC1=N.Nc1ccc(-c2ccnc3ccccc23)cc1. The number of benzene rings is 9. The maximum atomic E-state index is 8.26. The van der Waals surface area contributed by atoms with Gasteiger partial charge in [0, 0.05) is 17.3 Å². The van der Waals surface area contributed by atoms with Gasteiger partial charge in [-0.2, -0.15) is 0 Å². The average molecular weight is 755 g/mol. The van der Waals surface area contributed by atoms with Crippen molar-refractivity contribution in [3.8, 4) is 33.4 Å². The molecular weight excluding hydrogens is 717 g/mol. The summed E-state index contributed by atoms with van der Waals surface area (Å²) in [7, 11) is 0. The quantitative estimate of drug-likeness (QED) is 0.0949. The minimum absolute atomic E-state index is 0.234. The zero-order valence-electron chi connectivity index (χ0n) is 32.2. The minimum Gasteiger partial charge on any atom is -0.399 e. The molecule has 10 aromatic rings. The molecule has 0 fully saturated rings. The summed E-state index contributed by atoms with van der Waals surface area (Å²) in [6.07, 6.45) is 7.30. The van der Waals surface area contributed by atoms with Crippen LogP contribution in [-0.2, 0) is 0 Å². The topological polar surface area (TPSA) is 86.6 Å². The third-order valence-corrected chi connectivity index (χ3v) is 11.3. The first-order chi connectivity index (χ1) is 29.0. The Balaban J connectivity index is 0.000000206. The van der Waals surface area contributed by atoms with Crippen LogP contribution in [0, 0.1) is 10.8 Å². The molecule has 1 heterocycles. The Morgan fingerprint density at radius 2 is 0.915 bits per heavy atom. The lowest BCUT2D eigenvalue weighted by atomic mass is 9.84. The molecule has 0 amide bonds. The maximum absolute atomic E-state index is 8.26. The molecule has 0 saturated heterocycles. The number of nitrogens with one attached hydrogen (secondary N) is 2. The molecule has 0 radical (unpaired) electrons. The molecule has 0 bridgehead atoms. The number of aromatic nitrogens is 1. The molecule has 1 aromatic heterocycles. The third-order valence-electron chi connectivity index (χ3n) is 11.3. The van der Waals surface area contributed by atoms with Crippen molar-refractivity contribution < 1.29 is 0 Å². The van der Waals surface area contributed by atoms with Crippen LogP contribution in [0.3, 0.4) is 0 Å². The molecule has 0 atom stereocenters. The van der Waals surface area contributed by atoms with Gasteiger partial charge >= 0.3 is 0 Å². The van der Waals surface area contributed by atoms with E-state index in [9.17, 15) is 0 Å². The Morgan fingerprint density at radius 1 is 0.390 bits per heavy atom. The smallest absolute Gasteiger partial charge is 0.0795 e. The first kappa shape index (κ1) is 35.5. The zero-order valence-corrected chi connectivity index (χ0v) is 32.2. The highest BCUT2D eigenvalue weighted by Gasteiger charge is 2.19. The minimum atomic E-state index is 0.234. The second kappa shape index (κ2) is 14.8. The van der Waals surface area contributed by atoms with E-state index >= 15 is 0 Å². The van der Waals surface area contributed by atoms with Crippen LogP contribution >= 0.6 is 0 Å². The highest BCUT2D eigenvalue weighted by Crippen LogP contribution is 2.45. The number of para-hydroxylation sites is 1. The highest BCUT2D eigenvalue weighted by atomic mass is 14.6. The Kier molecular flexibility index (Phi) is 8.93. The van der Waals surface area contributed by atoms with Crippen molar-refractivity contribution in [1.82, 2.24) is 4.98 Å². The first-order valence-corrected chi connectivity index (χ1v) is 19.7. The number of nitrogens with zero attached hydrogens (tertiary/aromatic N) is 1. The van der Waals surface area contributed by atoms with E-state index in [1.54, 1.807) is 12.2 Å². The van der Waals surface area contributed by atoms with E-state index in [1.165, 1.54) is 76.3 Å². The monoisotopic (exact) mass is 754 g/mol. The Hall–Kier alpha value is -7.95. The summed E-state index contributed by atoms with van der Waals surface area (Å²) in [5, 5.41) is 27.1. The van der Waals surface area contributed by atoms with Crippen LogP contribution in [0.1, 0.15) is 5.56 Å². The Morgan fingerprint density at radius 3 is 1.56 bits per heavy atom. The summed E-state index contributed by atoms with van der Waals surface area (Å²) in [6, 6.07) is 64.1. The standard InChI is InChI=1S/C40H26N2.C15H12N2/c41-37-20-18-30(24-38(37)42)29-17-19-35-36(23-29)40(32-16-14-26-8-2-4-10-28(26)22-32)34-12-6-5-11-33(34)39(35)31-15-13-25-7-1-3-9-27(25)21-31;16-12-7-5-11(6-8-12)13-9-10-17-15-4-2-1-3-14(13)15/h1-24,41-42H;1-10H,16H2. The van der Waals surface area contributed by atoms with Gasteiger partial charge in [-0.3, -0.25) is 15.8 Å². The number of hydrogen-bond donors (Lipinski definition) is 3. The molecule has 0 spiro atoms.